The number of pyridine rings is 1. The van der Waals surface area contributed by atoms with Gasteiger partial charge in [0.05, 0.1) is 5.52 Å². The molecule has 6 heteroatoms. The average molecular weight is 342 g/mol. The molecule has 1 N–H and O–H groups in total. The zero-order valence-electron chi connectivity index (χ0n) is 15.0. The Balaban J connectivity index is 1.90. The predicted octanol–water partition coefficient (Wildman–Crippen LogP) is 2.74. The summed E-state index contributed by atoms with van der Waals surface area (Å²) >= 11 is 0. The van der Waals surface area contributed by atoms with E-state index in [-0.39, 0.29) is 17.6 Å². The van der Waals surface area contributed by atoms with Crippen LogP contribution in [0.3, 0.4) is 0 Å². The lowest BCUT2D eigenvalue weighted by atomic mass is 10.00. The quantitative estimate of drug-likeness (QED) is 0.850. The van der Waals surface area contributed by atoms with Gasteiger partial charge in [0.1, 0.15) is 0 Å². The second kappa shape index (κ2) is 7.68. The molecule has 1 aliphatic rings. The Morgan fingerprint density at radius 2 is 2.20 bits per heavy atom. The van der Waals surface area contributed by atoms with Crippen LogP contribution in [0.5, 0.6) is 0 Å². The summed E-state index contributed by atoms with van der Waals surface area (Å²) in [4.78, 5) is 31.7. The Bertz CT molecular complexity index is 768. The molecule has 0 spiro atoms. The van der Waals surface area contributed by atoms with E-state index in [1.165, 1.54) is 0 Å². The molecule has 6 nitrogen and oxygen atoms in total. The lowest BCUT2D eigenvalue weighted by molar-refractivity contribution is 0.0679. The van der Waals surface area contributed by atoms with Gasteiger partial charge in [-0.15, -0.1) is 0 Å². The third-order valence-corrected chi connectivity index (χ3v) is 4.71. The fraction of sp³-hybridized carbons (Fsp3) is 0.526. The molecule has 0 radical (unpaired) electrons. The molecular weight excluding hydrogens is 316 g/mol. The minimum Gasteiger partial charge on any atom is -0.349 e. The monoisotopic (exact) mass is 342 g/mol. The second-order valence-corrected chi connectivity index (χ2v) is 6.85. The molecule has 0 bridgehead atoms. The Hall–Kier alpha value is -2.37. The van der Waals surface area contributed by atoms with Gasteiger partial charge in [-0.1, -0.05) is 26.3 Å². The Labute approximate surface area is 148 Å². The van der Waals surface area contributed by atoms with Crippen LogP contribution in [0.1, 0.15) is 60.6 Å². The van der Waals surface area contributed by atoms with Crippen LogP contribution in [0.4, 0.5) is 0 Å². The summed E-state index contributed by atoms with van der Waals surface area (Å²) in [5, 5.41) is 2.88. The molecular formula is C19H26N4O2. The Morgan fingerprint density at radius 3 is 2.96 bits per heavy atom. The highest BCUT2D eigenvalue weighted by Gasteiger charge is 2.27. The van der Waals surface area contributed by atoms with Crippen molar-refractivity contribution in [2.45, 2.75) is 39.5 Å². The van der Waals surface area contributed by atoms with Crippen molar-refractivity contribution >= 4 is 17.3 Å². The summed E-state index contributed by atoms with van der Waals surface area (Å²) in [6, 6.07) is 5.55. The van der Waals surface area contributed by atoms with Gasteiger partial charge in [0, 0.05) is 25.8 Å². The second-order valence-electron chi connectivity index (χ2n) is 6.85. The fourth-order valence-corrected chi connectivity index (χ4v) is 3.34. The number of hydrogen-bond acceptors (Lipinski definition) is 3. The summed E-state index contributed by atoms with van der Waals surface area (Å²) < 4.78 is 1.71. The molecule has 3 heterocycles. The molecule has 1 fully saturated rings. The van der Waals surface area contributed by atoms with Crippen molar-refractivity contribution in [3.63, 3.8) is 0 Å². The van der Waals surface area contributed by atoms with Crippen molar-refractivity contribution in [1.29, 1.82) is 0 Å². The van der Waals surface area contributed by atoms with Crippen LogP contribution < -0.4 is 5.32 Å². The number of likely N-dealkylation sites (tertiary alicyclic amines) is 1. The topological polar surface area (TPSA) is 66.7 Å². The highest BCUT2D eigenvalue weighted by molar-refractivity contribution is 6.02. The molecule has 0 aromatic carbocycles. The zero-order valence-corrected chi connectivity index (χ0v) is 15.0. The molecule has 25 heavy (non-hydrogen) atoms. The maximum atomic E-state index is 13.0. The molecule has 2 aromatic rings. The molecule has 2 aromatic heterocycles. The van der Waals surface area contributed by atoms with Gasteiger partial charge in [-0.3, -0.25) is 14.0 Å². The van der Waals surface area contributed by atoms with Crippen LogP contribution in [-0.4, -0.2) is 45.7 Å². The van der Waals surface area contributed by atoms with Gasteiger partial charge in [-0.2, -0.15) is 0 Å². The number of hydrogen-bond donors (Lipinski definition) is 1. The van der Waals surface area contributed by atoms with Gasteiger partial charge in [0.15, 0.2) is 5.69 Å². The number of amides is 2. The normalized spacial score (nSPS) is 17.7. The number of nitrogens with one attached hydrogen (secondary N) is 1. The molecule has 0 aliphatic carbocycles. The van der Waals surface area contributed by atoms with E-state index in [4.69, 9.17) is 0 Å². The first-order chi connectivity index (χ1) is 12.1. The van der Waals surface area contributed by atoms with Crippen LogP contribution >= 0.6 is 0 Å². The molecule has 1 atom stereocenters. The summed E-state index contributed by atoms with van der Waals surface area (Å²) in [5.41, 5.74) is 1.06. The maximum absolute atomic E-state index is 13.0. The van der Waals surface area contributed by atoms with Crippen molar-refractivity contribution in [1.82, 2.24) is 19.6 Å². The smallest absolute Gasteiger partial charge is 0.287 e. The maximum Gasteiger partial charge on any atom is 0.287 e. The van der Waals surface area contributed by atoms with Gasteiger partial charge < -0.3 is 10.2 Å². The number of imidazole rings is 1. The summed E-state index contributed by atoms with van der Waals surface area (Å²) in [6.45, 7) is 6.37. The van der Waals surface area contributed by atoms with E-state index >= 15 is 0 Å². The van der Waals surface area contributed by atoms with Crippen LogP contribution in [0.2, 0.25) is 0 Å². The van der Waals surface area contributed by atoms with Gasteiger partial charge in [0.25, 0.3) is 11.8 Å². The number of carbonyl (C=O) groups excluding carboxylic acids is 2. The fourth-order valence-electron chi connectivity index (χ4n) is 3.34. The number of nitrogens with zero attached hydrogens (tertiary/aromatic N) is 3. The third-order valence-electron chi connectivity index (χ3n) is 4.71. The van der Waals surface area contributed by atoms with Gasteiger partial charge in [-0.25, -0.2) is 4.98 Å². The minimum absolute atomic E-state index is 0.0807. The van der Waals surface area contributed by atoms with E-state index in [9.17, 15) is 9.59 Å². The molecule has 1 aliphatic heterocycles. The van der Waals surface area contributed by atoms with Crippen LogP contribution in [-0.2, 0) is 0 Å². The first-order valence-electron chi connectivity index (χ1n) is 9.16. The molecule has 134 valence electrons. The number of piperidine rings is 1. The van der Waals surface area contributed by atoms with Crippen LogP contribution in [0.25, 0.3) is 5.52 Å². The van der Waals surface area contributed by atoms with Crippen molar-refractivity contribution < 1.29 is 9.59 Å². The van der Waals surface area contributed by atoms with E-state index < -0.39 is 0 Å². The number of aromatic nitrogens is 2. The van der Waals surface area contributed by atoms with Crippen molar-refractivity contribution in [3.8, 4) is 0 Å². The predicted molar refractivity (Wildman–Crippen MR) is 96.7 cm³/mol. The van der Waals surface area contributed by atoms with E-state index in [0.717, 1.165) is 38.8 Å². The molecule has 2 amide bonds. The van der Waals surface area contributed by atoms with Crippen molar-refractivity contribution in [2.24, 2.45) is 5.92 Å². The standard InChI is InChI=1S/C19H26N4O2/c1-3-4-10-20-18(24)17-21-16(15-9-5-6-12-23(15)17)19(25)22-11-7-8-14(2)13-22/h5-6,9,12,14H,3-4,7-8,10-11,13H2,1-2H3,(H,20,24). The van der Waals surface area contributed by atoms with Gasteiger partial charge in [0.2, 0.25) is 5.82 Å². The highest BCUT2D eigenvalue weighted by Crippen LogP contribution is 2.20. The number of carbonyl (C=O) groups is 2. The minimum atomic E-state index is -0.235. The Kier molecular flexibility index (Phi) is 5.36. The first-order valence-corrected chi connectivity index (χ1v) is 9.16. The number of fused-ring (bicyclic) bond motifs is 1. The third kappa shape index (κ3) is 3.67. The largest absolute Gasteiger partial charge is 0.349 e. The first kappa shape index (κ1) is 17.5. The Morgan fingerprint density at radius 1 is 1.36 bits per heavy atom. The van der Waals surface area contributed by atoms with E-state index in [1.807, 2.05) is 23.1 Å². The summed E-state index contributed by atoms with van der Waals surface area (Å²) in [7, 11) is 0. The molecule has 3 rings (SSSR count). The van der Waals surface area contributed by atoms with E-state index in [1.54, 1.807) is 10.6 Å². The van der Waals surface area contributed by atoms with Crippen LogP contribution in [0.15, 0.2) is 24.4 Å². The lowest BCUT2D eigenvalue weighted by Crippen LogP contribution is -2.39. The number of rotatable bonds is 5. The summed E-state index contributed by atoms with van der Waals surface area (Å²) in [5.74, 6) is 0.465. The van der Waals surface area contributed by atoms with Gasteiger partial charge >= 0.3 is 0 Å². The highest BCUT2D eigenvalue weighted by atomic mass is 16.2. The molecule has 1 unspecified atom stereocenters. The SMILES string of the molecule is CCCCNC(=O)c1nc(C(=O)N2CCCC(C)C2)c2ccccn12. The molecule has 0 saturated carbocycles. The number of unbranched alkanes of at least 4 members (excludes halogenated alkanes) is 1. The molecule has 1 saturated heterocycles. The van der Waals surface area contributed by atoms with E-state index in [2.05, 4.69) is 24.1 Å². The summed E-state index contributed by atoms with van der Waals surface area (Å²) in [6.07, 6.45) is 5.89. The van der Waals surface area contributed by atoms with E-state index in [0.29, 0.717) is 23.7 Å². The average Bonchev–Trinajstić information content (AvgIpc) is 3.01. The zero-order chi connectivity index (χ0) is 17.8. The van der Waals surface area contributed by atoms with Gasteiger partial charge in [-0.05, 0) is 37.3 Å². The lowest BCUT2D eigenvalue weighted by Gasteiger charge is -2.30. The van der Waals surface area contributed by atoms with Crippen molar-refractivity contribution in [2.75, 3.05) is 19.6 Å². The van der Waals surface area contributed by atoms with Crippen molar-refractivity contribution in [3.05, 3.63) is 35.9 Å². The van der Waals surface area contributed by atoms with Crippen LogP contribution in [0, 0.1) is 5.92 Å².